The van der Waals surface area contributed by atoms with Crippen molar-refractivity contribution in [1.82, 2.24) is 5.32 Å². The van der Waals surface area contributed by atoms with Crippen molar-refractivity contribution in [2.45, 2.75) is 58.1 Å². The number of unbranched alkanes of at least 4 members (excludes halogenated alkanes) is 1. The summed E-state index contributed by atoms with van der Waals surface area (Å²) in [6, 6.07) is 0.532. The standard InChI is InChI=1S/C11H25NO/c1-5-7-9-10(12-3)11(13-4)8-6-2/h10-12H,5-9H2,1-4H3. The van der Waals surface area contributed by atoms with E-state index in [9.17, 15) is 0 Å². The van der Waals surface area contributed by atoms with Gasteiger partial charge in [-0.05, 0) is 19.9 Å². The monoisotopic (exact) mass is 187 g/mol. The van der Waals surface area contributed by atoms with Gasteiger partial charge < -0.3 is 10.1 Å². The van der Waals surface area contributed by atoms with Crippen molar-refractivity contribution in [1.29, 1.82) is 0 Å². The Morgan fingerprint density at radius 1 is 1.15 bits per heavy atom. The number of ether oxygens (including phenoxy) is 1. The summed E-state index contributed by atoms with van der Waals surface area (Å²) in [6.07, 6.45) is 6.53. The Balaban J connectivity index is 3.84. The van der Waals surface area contributed by atoms with Gasteiger partial charge >= 0.3 is 0 Å². The number of rotatable bonds is 8. The van der Waals surface area contributed by atoms with Crippen molar-refractivity contribution in [3.63, 3.8) is 0 Å². The second-order valence-electron chi connectivity index (χ2n) is 3.60. The lowest BCUT2D eigenvalue weighted by Gasteiger charge is -2.25. The Labute approximate surface area is 83.1 Å². The molecule has 0 rings (SSSR count). The summed E-state index contributed by atoms with van der Waals surface area (Å²) in [5, 5.41) is 3.35. The molecule has 0 bridgehead atoms. The maximum absolute atomic E-state index is 5.48. The van der Waals surface area contributed by atoms with Gasteiger partial charge in [-0.25, -0.2) is 0 Å². The van der Waals surface area contributed by atoms with Gasteiger partial charge in [-0.15, -0.1) is 0 Å². The van der Waals surface area contributed by atoms with E-state index in [0.717, 1.165) is 6.42 Å². The predicted octanol–water partition coefficient (Wildman–Crippen LogP) is 2.58. The van der Waals surface area contributed by atoms with E-state index in [1.807, 2.05) is 14.2 Å². The van der Waals surface area contributed by atoms with E-state index < -0.39 is 0 Å². The van der Waals surface area contributed by atoms with Crippen LogP contribution in [0.2, 0.25) is 0 Å². The molecule has 2 heteroatoms. The van der Waals surface area contributed by atoms with E-state index in [4.69, 9.17) is 4.74 Å². The van der Waals surface area contributed by atoms with Crippen molar-refractivity contribution in [2.75, 3.05) is 14.2 Å². The average molecular weight is 187 g/mol. The molecule has 0 aliphatic heterocycles. The third kappa shape index (κ3) is 5.27. The van der Waals surface area contributed by atoms with Gasteiger partial charge in [-0.2, -0.15) is 0 Å². The zero-order valence-electron chi connectivity index (χ0n) is 9.60. The topological polar surface area (TPSA) is 21.3 Å². The number of hydrogen-bond acceptors (Lipinski definition) is 2. The fourth-order valence-electron chi connectivity index (χ4n) is 1.71. The van der Waals surface area contributed by atoms with Crippen LogP contribution >= 0.6 is 0 Å². The largest absolute Gasteiger partial charge is 0.380 e. The van der Waals surface area contributed by atoms with Gasteiger partial charge in [0.2, 0.25) is 0 Å². The van der Waals surface area contributed by atoms with Gasteiger partial charge in [0.15, 0.2) is 0 Å². The fourth-order valence-corrected chi connectivity index (χ4v) is 1.71. The lowest BCUT2D eigenvalue weighted by atomic mass is 10.0. The van der Waals surface area contributed by atoms with Crippen LogP contribution < -0.4 is 5.32 Å². The van der Waals surface area contributed by atoms with Crippen LogP contribution in [0.4, 0.5) is 0 Å². The first-order valence-corrected chi connectivity index (χ1v) is 5.50. The minimum Gasteiger partial charge on any atom is -0.380 e. The molecule has 0 aromatic carbocycles. The van der Waals surface area contributed by atoms with Crippen LogP contribution in [0.15, 0.2) is 0 Å². The Morgan fingerprint density at radius 3 is 2.23 bits per heavy atom. The molecule has 13 heavy (non-hydrogen) atoms. The zero-order valence-corrected chi connectivity index (χ0v) is 9.60. The van der Waals surface area contributed by atoms with Crippen molar-refractivity contribution in [3.8, 4) is 0 Å². The molecule has 0 radical (unpaired) electrons. The van der Waals surface area contributed by atoms with Crippen LogP contribution in [0.25, 0.3) is 0 Å². The molecule has 0 aromatic rings. The fraction of sp³-hybridized carbons (Fsp3) is 1.00. The van der Waals surface area contributed by atoms with E-state index in [1.165, 1.54) is 25.7 Å². The average Bonchev–Trinajstić information content (AvgIpc) is 2.17. The summed E-state index contributed by atoms with van der Waals surface area (Å²) < 4.78 is 5.48. The van der Waals surface area contributed by atoms with Crippen molar-refractivity contribution < 1.29 is 4.74 Å². The Hall–Kier alpha value is -0.0800. The van der Waals surface area contributed by atoms with Gasteiger partial charge in [-0.3, -0.25) is 0 Å². The van der Waals surface area contributed by atoms with Gasteiger partial charge in [0.05, 0.1) is 6.10 Å². The number of hydrogen-bond donors (Lipinski definition) is 1. The molecular formula is C11H25NO. The smallest absolute Gasteiger partial charge is 0.0724 e. The highest BCUT2D eigenvalue weighted by molar-refractivity contribution is 4.74. The Morgan fingerprint density at radius 2 is 1.85 bits per heavy atom. The molecule has 0 heterocycles. The summed E-state index contributed by atoms with van der Waals surface area (Å²) in [5.41, 5.74) is 0. The van der Waals surface area contributed by atoms with E-state index in [2.05, 4.69) is 19.2 Å². The van der Waals surface area contributed by atoms with Crippen LogP contribution in [0.3, 0.4) is 0 Å². The van der Waals surface area contributed by atoms with E-state index in [1.54, 1.807) is 0 Å². The summed E-state index contributed by atoms with van der Waals surface area (Å²) >= 11 is 0. The van der Waals surface area contributed by atoms with Gasteiger partial charge in [0, 0.05) is 13.2 Å². The number of likely N-dealkylation sites (N-methyl/N-ethyl adjacent to an activating group) is 1. The SMILES string of the molecule is CCCCC(NC)C(CCC)OC. The lowest BCUT2D eigenvalue weighted by molar-refractivity contribution is 0.0599. The van der Waals surface area contributed by atoms with Crippen LogP contribution in [0, 0.1) is 0 Å². The van der Waals surface area contributed by atoms with Crippen molar-refractivity contribution in [2.24, 2.45) is 0 Å². The highest BCUT2D eigenvalue weighted by Gasteiger charge is 2.17. The zero-order chi connectivity index (χ0) is 10.1. The molecule has 0 spiro atoms. The molecule has 1 N–H and O–H groups in total. The molecule has 0 fully saturated rings. The minimum absolute atomic E-state index is 0.390. The van der Waals surface area contributed by atoms with Crippen LogP contribution in [-0.2, 0) is 4.74 Å². The molecule has 2 unspecified atom stereocenters. The summed E-state index contributed by atoms with van der Waals surface area (Å²) in [5.74, 6) is 0. The summed E-state index contributed by atoms with van der Waals surface area (Å²) in [6.45, 7) is 4.44. The first-order chi connectivity index (χ1) is 6.29. The Bertz CT molecular complexity index is 106. The maximum Gasteiger partial charge on any atom is 0.0724 e. The molecule has 2 atom stereocenters. The molecule has 0 aliphatic rings. The molecule has 0 amide bonds. The molecule has 0 saturated carbocycles. The summed E-state index contributed by atoms with van der Waals surface area (Å²) in [7, 11) is 3.85. The predicted molar refractivity (Wildman–Crippen MR) is 58.1 cm³/mol. The van der Waals surface area contributed by atoms with E-state index >= 15 is 0 Å². The lowest BCUT2D eigenvalue weighted by Crippen LogP contribution is -2.38. The summed E-state index contributed by atoms with van der Waals surface area (Å²) in [4.78, 5) is 0. The quantitative estimate of drug-likeness (QED) is 0.630. The molecule has 0 aliphatic carbocycles. The molecule has 0 saturated heterocycles. The second kappa shape index (κ2) is 8.52. The van der Waals surface area contributed by atoms with E-state index in [0.29, 0.717) is 12.1 Å². The van der Waals surface area contributed by atoms with Crippen LogP contribution in [0.5, 0.6) is 0 Å². The normalized spacial score (nSPS) is 15.7. The second-order valence-corrected chi connectivity index (χ2v) is 3.60. The van der Waals surface area contributed by atoms with Crippen molar-refractivity contribution >= 4 is 0 Å². The maximum atomic E-state index is 5.48. The Kier molecular flexibility index (Phi) is 8.46. The first kappa shape index (κ1) is 12.9. The van der Waals surface area contributed by atoms with Crippen molar-refractivity contribution in [3.05, 3.63) is 0 Å². The number of methoxy groups -OCH3 is 1. The van der Waals surface area contributed by atoms with Crippen LogP contribution in [-0.4, -0.2) is 26.3 Å². The highest BCUT2D eigenvalue weighted by Crippen LogP contribution is 2.12. The van der Waals surface area contributed by atoms with Gasteiger partial charge in [0.1, 0.15) is 0 Å². The van der Waals surface area contributed by atoms with Gasteiger partial charge in [-0.1, -0.05) is 33.1 Å². The molecule has 0 aromatic heterocycles. The number of nitrogens with one attached hydrogen (secondary N) is 1. The molecular weight excluding hydrogens is 162 g/mol. The van der Waals surface area contributed by atoms with E-state index in [-0.39, 0.29) is 0 Å². The molecule has 2 nitrogen and oxygen atoms in total. The third-order valence-corrected chi connectivity index (χ3v) is 2.56. The molecule has 80 valence electrons. The minimum atomic E-state index is 0.390. The highest BCUT2D eigenvalue weighted by atomic mass is 16.5. The van der Waals surface area contributed by atoms with Gasteiger partial charge in [0.25, 0.3) is 0 Å². The third-order valence-electron chi connectivity index (χ3n) is 2.56. The first-order valence-electron chi connectivity index (χ1n) is 5.50. The van der Waals surface area contributed by atoms with Crippen LogP contribution in [0.1, 0.15) is 46.0 Å².